The van der Waals surface area contributed by atoms with Gasteiger partial charge in [-0.05, 0) is 69.4 Å². The molecule has 0 saturated carbocycles. The fourth-order valence-corrected chi connectivity index (χ4v) is 4.30. The molecule has 1 aromatic carbocycles. The summed E-state index contributed by atoms with van der Waals surface area (Å²) in [5.74, 6) is 2.27. The molecule has 0 radical (unpaired) electrons. The van der Waals surface area contributed by atoms with Gasteiger partial charge >= 0.3 is 5.97 Å². The first-order chi connectivity index (χ1) is 16.7. The Morgan fingerprint density at radius 1 is 1.23 bits per heavy atom. The van der Waals surface area contributed by atoms with Gasteiger partial charge in [0.1, 0.15) is 17.3 Å². The summed E-state index contributed by atoms with van der Waals surface area (Å²) >= 11 is 0. The molecule has 2 heterocycles. The molecule has 0 amide bonds. The highest BCUT2D eigenvalue weighted by atomic mass is 16.5. The van der Waals surface area contributed by atoms with Gasteiger partial charge in [0.15, 0.2) is 0 Å². The Balaban J connectivity index is 1.44. The number of aromatic nitrogens is 2. The van der Waals surface area contributed by atoms with E-state index in [1.807, 2.05) is 50.2 Å². The number of carboxylic acid groups (broad SMARTS) is 1. The second-order valence-electron chi connectivity index (χ2n) is 9.84. The summed E-state index contributed by atoms with van der Waals surface area (Å²) in [6, 6.07) is 9.93. The molecule has 0 unspecified atom stereocenters. The molecular weight excluding hydrogens is 442 g/mol. The van der Waals surface area contributed by atoms with E-state index in [-0.39, 0.29) is 0 Å². The SMILES string of the molecule is Cc1oc(-c2ccc(N(C)C)nc2)nc1CCOc1cccc2c1CCC=C2CC(C)(C)C(=O)O. The molecule has 7 heteroatoms. The largest absolute Gasteiger partial charge is 0.493 e. The molecule has 1 aliphatic rings. The zero-order chi connectivity index (χ0) is 25.2. The number of allylic oxidation sites excluding steroid dienone is 2. The van der Waals surface area contributed by atoms with Gasteiger partial charge in [-0.15, -0.1) is 0 Å². The predicted octanol–water partition coefficient (Wildman–Crippen LogP) is 5.56. The number of nitrogens with zero attached hydrogens (tertiary/aromatic N) is 3. The Kier molecular flexibility index (Phi) is 6.96. The second-order valence-corrected chi connectivity index (χ2v) is 9.84. The van der Waals surface area contributed by atoms with E-state index in [4.69, 9.17) is 9.15 Å². The first-order valence-electron chi connectivity index (χ1n) is 11.9. The number of rotatable bonds is 9. The number of anilines is 1. The van der Waals surface area contributed by atoms with Crippen LogP contribution in [0.25, 0.3) is 17.0 Å². The maximum absolute atomic E-state index is 11.6. The fraction of sp³-hybridized carbons (Fsp3) is 0.393. The van der Waals surface area contributed by atoms with Crippen LogP contribution in [0.5, 0.6) is 5.75 Å². The number of aryl methyl sites for hydroxylation is 1. The smallest absolute Gasteiger partial charge is 0.309 e. The van der Waals surface area contributed by atoms with Crippen LogP contribution in [0.3, 0.4) is 0 Å². The molecule has 0 atom stereocenters. The molecule has 4 rings (SSSR count). The van der Waals surface area contributed by atoms with Crippen LogP contribution in [0.4, 0.5) is 5.82 Å². The predicted molar refractivity (Wildman–Crippen MR) is 137 cm³/mol. The number of hydrogen-bond donors (Lipinski definition) is 1. The molecule has 1 aliphatic carbocycles. The third kappa shape index (κ3) is 5.39. The molecule has 3 aromatic rings. The normalized spacial score (nSPS) is 13.2. The third-order valence-electron chi connectivity index (χ3n) is 6.42. The lowest BCUT2D eigenvalue weighted by molar-refractivity contribution is -0.146. The van der Waals surface area contributed by atoms with Crippen molar-refractivity contribution in [3.05, 3.63) is 65.2 Å². The zero-order valence-corrected chi connectivity index (χ0v) is 21.1. The monoisotopic (exact) mass is 475 g/mol. The van der Waals surface area contributed by atoms with Crippen LogP contribution in [0.1, 0.15) is 49.3 Å². The van der Waals surface area contributed by atoms with Gasteiger partial charge in [0.05, 0.1) is 23.3 Å². The standard InChI is InChI=1S/C28H33N3O4/c1-18-23(30-26(35-18)20-12-13-25(29-17-20)31(4)5)14-15-34-24-11-7-9-21-19(8-6-10-22(21)24)16-28(2,3)27(32)33/h7-9,11-13,17H,6,10,14-16H2,1-5H3,(H,32,33). The van der Waals surface area contributed by atoms with Crippen molar-refractivity contribution in [1.29, 1.82) is 0 Å². The Morgan fingerprint density at radius 3 is 2.71 bits per heavy atom. The zero-order valence-electron chi connectivity index (χ0n) is 21.1. The van der Waals surface area contributed by atoms with E-state index in [0.29, 0.717) is 25.3 Å². The van der Waals surface area contributed by atoms with E-state index in [2.05, 4.69) is 22.1 Å². The maximum Gasteiger partial charge on any atom is 0.309 e. The van der Waals surface area contributed by atoms with Gasteiger partial charge in [-0.1, -0.05) is 18.2 Å². The molecule has 35 heavy (non-hydrogen) atoms. The summed E-state index contributed by atoms with van der Waals surface area (Å²) in [6.07, 6.45) is 6.81. The van der Waals surface area contributed by atoms with E-state index >= 15 is 0 Å². The number of hydrogen-bond acceptors (Lipinski definition) is 6. The van der Waals surface area contributed by atoms with Crippen LogP contribution in [0.15, 0.2) is 47.0 Å². The number of pyridine rings is 1. The van der Waals surface area contributed by atoms with Gasteiger partial charge in [-0.2, -0.15) is 0 Å². The summed E-state index contributed by atoms with van der Waals surface area (Å²) in [5.41, 5.74) is 4.21. The van der Waals surface area contributed by atoms with Crippen LogP contribution in [0.2, 0.25) is 0 Å². The number of carbonyl (C=O) groups is 1. The topological polar surface area (TPSA) is 88.7 Å². The Bertz CT molecular complexity index is 1240. The Hall–Kier alpha value is -3.61. The molecule has 0 spiro atoms. The van der Waals surface area contributed by atoms with Gasteiger partial charge in [0.2, 0.25) is 5.89 Å². The lowest BCUT2D eigenvalue weighted by Crippen LogP contribution is -2.24. The summed E-state index contributed by atoms with van der Waals surface area (Å²) in [6.45, 7) is 5.93. The van der Waals surface area contributed by atoms with Gasteiger partial charge < -0.3 is 19.2 Å². The summed E-state index contributed by atoms with van der Waals surface area (Å²) in [5, 5.41) is 9.56. The number of oxazole rings is 1. The molecule has 7 nitrogen and oxygen atoms in total. The van der Waals surface area contributed by atoms with Crippen LogP contribution in [-0.4, -0.2) is 41.7 Å². The van der Waals surface area contributed by atoms with Gasteiger partial charge in [-0.3, -0.25) is 4.79 Å². The van der Waals surface area contributed by atoms with Crippen molar-refractivity contribution in [1.82, 2.24) is 9.97 Å². The van der Waals surface area contributed by atoms with Crippen molar-refractivity contribution in [3.63, 3.8) is 0 Å². The van der Waals surface area contributed by atoms with E-state index in [0.717, 1.165) is 58.1 Å². The fourth-order valence-electron chi connectivity index (χ4n) is 4.30. The summed E-state index contributed by atoms with van der Waals surface area (Å²) in [7, 11) is 3.90. The quantitative estimate of drug-likeness (QED) is 0.433. The van der Waals surface area contributed by atoms with E-state index in [1.165, 1.54) is 0 Å². The van der Waals surface area contributed by atoms with E-state index in [1.54, 1.807) is 20.0 Å². The molecule has 1 N–H and O–H groups in total. The molecule has 0 aliphatic heterocycles. The van der Waals surface area contributed by atoms with Crippen LogP contribution in [0, 0.1) is 12.3 Å². The average molecular weight is 476 g/mol. The molecule has 2 aromatic heterocycles. The highest BCUT2D eigenvalue weighted by Gasteiger charge is 2.30. The van der Waals surface area contributed by atoms with Crippen molar-refractivity contribution in [2.45, 2.75) is 46.5 Å². The second kappa shape index (κ2) is 9.94. The van der Waals surface area contributed by atoms with Crippen LogP contribution < -0.4 is 9.64 Å². The number of fused-ring (bicyclic) bond motifs is 1. The summed E-state index contributed by atoms with van der Waals surface area (Å²) in [4.78, 5) is 22.7. The molecule has 184 valence electrons. The third-order valence-corrected chi connectivity index (χ3v) is 6.42. The van der Waals surface area contributed by atoms with Gasteiger partial charge in [-0.25, -0.2) is 9.97 Å². The van der Waals surface area contributed by atoms with Crippen molar-refractivity contribution in [3.8, 4) is 17.2 Å². The van der Waals surface area contributed by atoms with Crippen molar-refractivity contribution in [2.75, 3.05) is 25.6 Å². The molecule has 0 fully saturated rings. The van der Waals surface area contributed by atoms with Gasteiger partial charge in [0, 0.05) is 32.3 Å². The first-order valence-corrected chi connectivity index (χ1v) is 11.9. The molecular formula is C28H33N3O4. The lowest BCUT2D eigenvalue weighted by atomic mass is 9.79. The minimum atomic E-state index is -0.818. The van der Waals surface area contributed by atoms with Crippen molar-refractivity contribution < 1.29 is 19.1 Å². The van der Waals surface area contributed by atoms with Crippen LogP contribution in [-0.2, 0) is 17.6 Å². The average Bonchev–Trinajstić information content (AvgIpc) is 3.19. The maximum atomic E-state index is 11.6. The highest BCUT2D eigenvalue weighted by molar-refractivity contribution is 5.80. The molecule has 0 bridgehead atoms. The number of carboxylic acids is 1. The lowest BCUT2D eigenvalue weighted by Gasteiger charge is -2.26. The van der Waals surface area contributed by atoms with E-state index < -0.39 is 11.4 Å². The van der Waals surface area contributed by atoms with Crippen LogP contribution >= 0.6 is 0 Å². The first kappa shape index (κ1) is 24.5. The molecule has 0 saturated heterocycles. The number of benzene rings is 1. The van der Waals surface area contributed by atoms with Crippen molar-refractivity contribution >= 4 is 17.4 Å². The minimum Gasteiger partial charge on any atom is -0.493 e. The van der Waals surface area contributed by atoms with Gasteiger partial charge in [0.25, 0.3) is 0 Å². The summed E-state index contributed by atoms with van der Waals surface area (Å²) < 4.78 is 12.1. The minimum absolute atomic E-state index is 0.473. The Morgan fingerprint density at radius 2 is 2.03 bits per heavy atom. The number of ether oxygens (including phenoxy) is 1. The highest BCUT2D eigenvalue weighted by Crippen LogP contribution is 2.39. The van der Waals surface area contributed by atoms with E-state index in [9.17, 15) is 9.90 Å². The number of aliphatic carboxylic acids is 1. The van der Waals surface area contributed by atoms with Crippen molar-refractivity contribution in [2.24, 2.45) is 5.41 Å². The Labute approximate surface area is 206 Å².